The first-order valence-electron chi connectivity index (χ1n) is 7.06. The topological polar surface area (TPSA) is 12.0 Å². The second kappa shape index (κ2) is 6.27. The molecule has 1 fully saturated rings. The highest BCUT2D eigenvalue weighted by Crippen LogP contribution is 2.34. The molecule has 2 rings (SSSR count). The van der Waals surface area contributed by atoms with Crippen molar-refractivity contribution in [1.29, 1.82) is 0 Å². The fourth-order valence-electron chi connectivity index (χ4n) is 2.61. The molecule has 2 unspecified atom stereocenters. The maximum absolute atomic E-state index is 13.1. The Morgan fingerprint density at radius 2 is 1.95 bits per heavy atom. The van der Waals surface area contributed by atoms with Crippen LogP contribution in [0, 0.1) is 11.2 Å². The van der Waals surface area contributed by atoms with Crippen LogP contribution >= 0.6 is 11.8 Å². The fraction of sp³-hybridized carbons (Fsp3) is 0.625. The lowest BCUT2D eigenvalue weighted by molar-refractivity contribution is 0.249. The van der Waals surface area contributed by atoms with Gasteiger partial charge in [-0.05, 0) is 41.7 Å². The molecule has 3 heteroatoms. The first-order chi connectivity index (χ1) is 8.97. The van der Waals surface area contributed by atoms with Crippen LogP contribution in [0.1, 0.15) is 45.2 Å². The van der Waals surface area contributed by atoms with Gasteiger partial charge in [0.25, 0.3) is 0 Å². The molecule has 0 saturated carbocycles. The zero-order chi connectivity index (χ0) is 13.9. The Morgan fingerprint density at radius 3 is 2.47 bits per heavy atom. The van der Waals surface area contributed by atoms with E-state index in [2.05, 4.69) is 26.1 Å². The second-order valence-electron chi connectivity index (χ2n) is 6.43. The van der Waals surface area contributed by atoms with E-state index in [-0.39, 0.29) is 17.3 Å². The third-order valence-corrected chi connectivity index (χ3v) is 4.85. The maximum atomic E-state index is 13.1. The Labute approximate surface area is 120 Å². The highest BCUT2D eigenvalue weighted by molar-refractivity contribution is 7.99. The molecule has 0 radical (unpaired) electrons. The van der Waals surface area contributed by atoms with Crippen LogP contribution in [0.3, 0.4) is 0 Å². The van der Waals surface area contributed by atoms with Gasteiger partial charge in [-0.2, -0.15) is 11.8 Å². The molecule has 0 aliphatic carbocycles. The van der Waals surface area contributed by atoms with Gasteiger partial charge in [0.2, 0.25) is 0 Å². The molecule has 0 amide bonds. The quantitative estimate of drug-likeness (QED) is 0.881. The minimum Gasteiger partial charge on any atom is -0.306 e. The average Bonchev–Trinajstić information content (AvgIpc) is 2.37. The van der Waals surface area contributed by atoms with Gasteiger partial charge in [-0.15, -0.1) is 0 Å². The zero-order valence-electron chi connectivity index (χ0n) is 12.1. The molecule has 1 heterocycles. The Balaban J connectivity index is 2.13. The molecule has 19 heavy (non-hydrogen) atoms. The minimum atomic E-state index is -0.162. The number of rotatable bonds is 3. The SMILES string of the molecule is CC(C)(C)C(NC1CCCSC1)c1ccc(F)cc1. The molecule has 1 aliphatic heterocycles. The van der Waals surface area contributed by atoms with E-state index in [0.717, 1.165) is 0 Å². The number of thioether (sulfide) groups is 1. The maximum Gasteiger partial charge on any atom is 0.123 e. The molecule has 1 saturated heterocycles. The third-order valence-electron chi connectivity index (χ3n) is 3.63. The van der Waals surface area contributed by atoms with Crippen LogP contribution in [0.25, 0.3) is 0 Å². The summed E-state index contributed by atoms with van der Waals surface area (Å²) in [5.74, 6) is 2.31. The predicted molar refractivity (Wildman–Crippen MR) is 82.1 cm³/mol. The van der Waals surface area contributed by atoms with Crippen molar-refractivity contribution >= 4 is 11.8 Å². The van der Waals surface area contributed by atoms with Crippen LogP contribution in [-0.4, -0.2) is 17.5 Å². The van der Waals surface area contributed by atoms with E-state index in [0.29, 0.717) is 6.04 Å². The van der Waals surface area contributed by atoms with Crippen molar-refractivity contribution in [3.05, 3.63) is 35.6 Å². The molecule has 0 bridgehead atoms. The highest BCUT2D eigenvalue weighted by atomic mass is 32.2. The summed E-state index contributed by atoms with van der Waals surface area (Å²) in [4.78, 5) is 0. The Bertz CT molecular complexity index is 390. The summed E-state index contributed by atoms with van der Waals surface area (Å²) in [7, 11) is 0. The van der Waals surface area contributed by atoms with Crippen LogP contribution in [0.2, 0.25) is 0 Å². The lowest BCUT2D eigenvalue weighted by atomic mass is 9.81. The van der Waals surface area contributed by atoms with Crippen molar-refractivity contribution in [3.63, 3.8) is 0 Å². The van der Waals surface area contributed by atoms with Crippen molar-refractivity contribution in [1.82, 2.24) is 5.32 Å². The monoisotopic (exact) mass is 281 g/mol. The normalized spacial score (nSPS) is 22.2. The van der Waals surface area contributed by atoms with Crippen molar-refractivity contribution in [3.8, 4) is 0 Å². The van der Waals surface area contributed by atoms with Crippen LogP contribution < -0.4 is 5.32 Å². The van der Waals surface area contributed by atoms with Crippen LogP contribution in [0.5, 0.6) is 0 Å². The fourth-order valence-corrected chi connectivity index (χ4v) is 3.69. The van der Waals surface area contributed by atoms with E-state index in [1.807, 2.05) is 23.9 Å². The van der Waals surface area contributed by atoms with Gasteiger partial charge in [0.1, 0.15) is 5.82 Å². The van der Waals surface area contributed by atoms with Crippen molar-refractivity contribution in [2.45, 2.75) is 45.7 Å². The molecule has 106 valence electrons. The Morgan fingerprint density at radius 1 is 1.26 bits per heavy atom. The predicted octanol–water partition coefficient (Wildman–Crippen LogP) is 4.40. The van der Waals surface area contributed by atoms with Crippen molar-refractivity contribution in [2.24, 2.45) is 5.41 Å². The van der Waals surface area contributed by atoms with E-state index >= 15 is 0 Å². The second-order valence-corrected chi connectivity index (χ2v) is 7.58. The van der Waals surface area contributed by atoms with Gasteiger partial charge >= 0.3 is 0 Å². The molecular formula is C16H24FNS. The van der Waals surface area contributed by atoms with Gasteiger partial charge in [-0.3, -0.25) is 0 Å². The summed E-state index contributed by atoms with van der Waals surface area (Å²) >= 11 is 2.03. The number of hydrogen-bond acceptors (Lipinski definition) is 2. The van der Waals surface area contributed by atoms with Gasteiger partial charge in [0.05, 0.1) is 0 Å². The lowest BCUT2D eigenvalue weighted by Crippen LogP contribution is -2.41. The summed E-state index contributed by atoms with van der Waals surface area (Å²) in [6, 6.07) is 7.80. The molecule has 1 nitrogen and oxygen atoms in total. The molecule has 1 aromatic rings. The number of nitrogens with one attached hydrogen (secondary N) is 1. The molecule has 2 atom stereocenters. The number of hydrogen-bond donors (Lipinski definition) is 1. The molecule has 1 N–H and O–H groups in total. The van der Waals surface area contributed by atoms with Crippen LogP contribution in [-0.2, 0) is 0 Å². The van der Waals surface area contributed by atoms with Gasteiger partial charge in [0.15, 0.2) is 0 Å². The average molecular weight is 281 g/mol. The molecule has 1 aromatic carbocycles. The van der Waals surface area contributed by atoms with Crippen LogP contribution in [0.4, 0.5) is 4.39 Å². The molecular weight excluding hydrogens is 257 g/mol. The number of halogens is 1. The summed E-state index contributed by atoms with van der Waals surface area (Å²) in [6.07, 6.45) is 2.55. The summed E-state index contributed by atoms with van der Waals surface area (Å²) in [5, 5.41) is 3.79. The highest BCUT2D eigenvalue weighted by Gasteiger charge is 2.29. The zero-order valence-corrected chi connectivity index (χ0v) is 12.9. The smallest absolute Gasteiger partial charge is 0.123 e. The molecule has 0 spiro atoms. The summed E-state index contributed by atoms with van der Waals surface area (Å²) in [5.41, 5.74) is 1.31. The summed E-state index contributed by atoms with van der Waals surface area (Å²) < 4.78 is 13.1. The Hall–Kier alpha value is -0.540. The standard InChI is InChI=1S/C16H24FNS/c1-16(2,3)15(12-6-8-13(17)9-7-12)18-14-5-4-10-19-11-14/h6-9,14-15,18H,4-5,10-11H2,1-3H3. The van der Waals surface area contributed by atoms with Crippen molar-refractivity contribution in [2.75, 3.05) is 11.5 Å². The largest absolute Gasteiger partial charge is 0.306 e. The minimum absolute atomic E-state index is 0.125. The molecule has 0 aromatic heterocycles. The number of benzene rings is 1. The van der Waals surface area contributed by atoms with E-state index in [1.54, 1.807) is 12.1 Å². The van der Waals surface area contributed by atoms with E-state index in [9.17, 15) is 4.39 Å². The first-order valence-corrected chi connectivity index (χ1v) is 8.21. The van der Waals surface area contributed by atoms with Gasteiger partial charge in [0, 0.05) is 17.8 Å². The third kappa shape index (κ3) is 4.22. The summed E-state index contributed by atoms with van der Waals surface area (Å²) in [6.45, 7) is 6.72. The Kier molecular flexibility index (Phi) is 4.91. The van der Waals surface area contributed by atoms with E-state index in [1.165, 1.54) is 29.9 Å². The molecule has 1 aliphatic rings. The van der Waals surface area contributed by atoms with Crippen LogP contribution in [0.15, 0.2) is 24.3 Å². The van der Waals surface area contributed by atoms with E-state index in [4.69, 9.17) is 0 Å². The van der Waals surface area contributed by atoms with Gasteiger partial charge in [-0.25, -0.2) is 4.39 Å². The van der Waals surface area contributed by atoms with Crippen molar-refractivity contribution < 1.29 is 4.39 Å². The van der Waals surface area contributed by atoms with E-state index < -0.39 is 0 Å². The first kappa shape index (κ1) is 14.9. The van der Waals surface area contributed by atoms with Gasteiger partial charge < -0.3 is 5.32 Å². The lowest BCUT2D eigenvalue weighted by Gasteiger charge is -2.36. The van der Waals surface area contributed by atoms with Gasteiger partial charge in [-0.1, -0.05) is 32.9 Å².